The number of aromatic nitrogens is 3. The van der Waals surface area contributed by atoms with E-state index in [0.717, 1.165) is 23.3 Å². The average Bonchev–Trinajstić information content (AvgIpc) is 2.97. The molecule has 0 radical (unpaired) electrons. The smallest absolute Gasteiger partial charge is 0.264 e. The van der Waals surface area contributed by atoms with E-state index in [0.29, 0.717) is 5.69 Å². The van der Waals surface area contributed by atoms with Gasteiger partial charge in [-0.15, -0.1) is 0 Å². The number of benzene rings is 1. The summed E-state index contributed by atoms with van der Waals surface area (Å²) in [6, 6.07) is 8.70. The summed E-state index contributed by atoms with van der Waals surface area (Å²) in [4.78, 5) is 4.00. The minimum absolute atomic E-state index is 0.361. The van der Waals surface area contributed by atoms with Crippen LogP contribution in [-0.4, -0.2) is 14.8 Å². The third-order valence-corrected chi connectivity index (χ3v) is 3.02. The fourth-order valence-electron chi connectivity index (χ4n) is 1.97. The molecule has 0 fully saturated rings. The molecule has 106 valence electrons. The largest absolute Gasteiger partial charge is 0.416 e. The molecule has 0 unspecified atom stereocenters. The number of alkyl halides is 3. The second kappa shape index (κ2) is 5.05. The van der Waals surface area contributed by atoms with E-state index in [9.17, 15) is 13.2 Å². The quantitative estimate of drug-likeness (QED) is 0.715. The first-order valence-electron chi connectivity index (χ1n) is 6.17. The van der Waals surface area contributed by atoms with E-state index in [-0.39, 0.29) is 0 Å². The summed E-state index contributed by atoms with van der Waals surface area (Å²) in [5.74, 6) is 0. The van der Waals surface area contributed by atoms with E-state index in [1.54, 1.807) is 36.9 Å². The maximum absolute atomic E-state index is 12.7. The van der Waals surface area contributed by atoms with Gasteiger partial charge in [-0.2, -0.15) is 18.3 Å². The van der Waals surface area contributed by atoms with Gasteiger partial charge in [0.25, 0.3) is 0 Å². The normalized spacial score (nSPS) is 11.6. The molecule has 1 aromatic carbocycles. The van der Waals surface area contributed by atoms with Crippen molar-refractivity contribution in [3.8, 4) is 16.8 Å². The van der Waals surface area contributed by atoms with Crippen LogP contribution in [0.2, 0.25) is 0 Å². The van der Waals surface area contributed by atoms with E-state index < -0.39 is 11.7 Å². The average molecular weight is 289 g/mol. The third-order valence-electron chi connectivity index (χ3n) is 3.02. The van der Waals surface area contributed by atoms with E-state index in [2.05, 4.69) is 10.1 Å². The first kappa shape index (κ1) is 13.4. The number of hydrogen-bond acceptors (Lipinski definition) is 2. The van der Waals surface area contributed by atoms with Gasteiger partial charge in [-0.3, -0.25) is 4.98 Å². The van der Waals surface area contributed by atoms with E-state index in [1.165, 1.54) is 10.7 Å². The molecule has 6 heteroatoms. The second-order valence-electron chi connectivity index (χ2n) is 4.46. The molecule has 0 amide bonds. The van der Waals surface area contributed by atoms with Gasteiger partial charge in [-0.1, -0.05) is 12.1 Å². The van der Waals surface area contributed by atoms with E-state index >= 15 is 0 Å². The standard InChI is InChI=1S/C15H10F3N3/c16-15(17,18)13-4-1-5-14(7-13)21-10-12(9-20-21)11-3-2-6-19-8-11/h1-10H. The Balaban J connectivity index is 1.97. The summed E-state index contributed by atoms with van der Waals surface area (Å²) in [5, 5.41) is 4.11. The molecular weight excluding hydrogens is 279 g/mol. The summed E-state index contributed by atoms with van der Waals surface area (Å²) in [5.41, 5.74) is 1.31. The number of rotatable bonds is 2. The Bertz CT molecular complexity index is 748. The highest BCUT2D eigenvalue weighted by atomic mass is 19.4. The van der Waals surface area contributed by atoms with Gasteiger partial charge >= 0.3 is 6.18 Å². The monoisotopic (exact) mass is 289 g/mol. The molecule has 0 spiro atoms. The van der Waals surface area contributed by atoms with Crippen molar-refractivity contribution in [2.24, 2.45) is 0 Å². The van der Waals surface area contributed by atoms with Crippen molar-refractivity contribution in [1.29, 1.82) is 0 Å². The van der Waals surface area contributed by atoms with E-state index in [4.69, 9.17) is 0 Å². The van der Waals surface area contributed by atoms with Crippen molar-refractivity contribution in [3.05, 3.63) is 66.7 Å². The molecule has 0 aliphatic heterocycles. The molecule has 0 saturated heterocycles. The zero-order valence-electron chi connectivity index (χ0n) is 10.7. The molecule has 3 nitrogen and oxygen atoms in total. The Hall–Kier alpha value is -2.63. The second-order valence-corrected chi connectivity index (χ2v) is 4.46. The van der Waals surface area contributed by atoms with Gasteiger partial charge in [0.15, 0.2) is 0 Å². The van der Waals surface area contributed by atoms with Gasteiger partial charge in [-0.05, 0) is 24.3 Å². The fourth-order valence-corrected chi connectivity index (χ4v) is 1.97. The molecule has 3 aromatic rings. The summed E-state index contributed by atoms with van der Waals surface area (Å²) in [6.07, 6.45) is 2.23. The highest BCUT2D eigenvalue weighted by Crippen LogP contribution is 2.30. The number of pyridine rings is 1. The van der Waals surface area contributed by atoms with Crippen LogP contribution in [0, 0.1) is 0 Å². The lowest BCUT2D eigenvalue weighted by molar-refractivity contribution is -0.137. The van der Waals surface area contributed by atoms with Gasteiger partial charge < -0.3 is 0 Å². The lowest BCUT2D eigenvalue weighted by Gasteiger charge is -2.08. The van der Waals surface area contributed by atoms with Crippen LogP contribution in [0.3, 0.4) is 0 Å². The Kier molecular flexibility index (Phi) is 3.21. The summed E-state index contributed by atoms with van der Waals surface area (Å²) >= 11 is 0. The topological polar surface area (TPSA) is 30.7 Å². The van der Waals surface area contributed by atoms with Crippen LogP contribution in [0.4, 0.5) is 13.2 Å². The van der Waals surface area contributed by atoms with Crippen LogP contribution >= 0.6 is 0 Å². The zero-order valence-corrected chi connectivity index (χ0v) is 10.7. The molecule has 0 aliphatic carbocycles. The molecule has 2 aromatic heterocycles. The van der Waals surface area contributed by atoms with Crippen molar-refractivity contribution in [2.45, 2.75) is 6.18 Å². The Morgan fingerprint density at radius 2 is 1.81 bits per heavy atom. The third kappa shape index (κ3) is 2.79. The highest BCUT2D eigenvalue weighted by molar-refractivity contribution is 5.60. The summed E-state index contributed by atoms with van der Waals surface area (Å²) < 4.78 is 39.6. The minimum Gasteiger partial charge on any atom is -0.264 e. The Morgan fingerprint density at radius 1 is 0.952 bits per heavy atom. The van der Waals surface area contributed by atoms with Gasteiger partial charge in [0.2, 0.25) is 0 Å². The SMILES string of the molecule is FC(F)(F)c1cccc(-n2cc(-c3cccnc3)cn2)c1. The maximum atomic E-state index is 12.7. The number of nitrogens with zero attached hydrogens (tertiary/aromatic N) is 3. The van der Waals surface area contributed by atoms with Crippen LogP contribution < -0.4 is 0 Å². The Morgan fingerprint density at radius 3 is 2.52 bits per heavy atom. The lowest BCUT2D eigenvalue weighted by atomic mass is 10.2. The summed E-state index contributed by atoms with van der Waals surface area (Å²) in [6.45, 7) is 0. The molecule has 0 atom stereocenters. The van der Waals surface area contributed by atoms with Gasteiger partial charge in [-0.25, -0.2) is 4.68 Å². The first-order chi connectivity index (χ1) is 10.0. The van der Waals surface area contributed by atoms with Crippen molar-refractivity contribution >= 4 is 0 Å². The van der Waals surface area contributed by atoms with Gasteiger partial charge in [0, 0.05) is 29.7 Å². The molecule has 0 saturated carbocycles. The predicted molar refractivity (Wildman–Crippen MR) is 71.8 cm³/mol. The lowest BCUT2D eigenvalue weighted by Crippen LogP contribution is -2.06. The van der Waals surface area contributed by atoms with Crippen LogP contribution in [0.1, 0.15) is 5.56 Å². The molecule has 21 heavy (non-hydrogen) atoms. The van der Waals surface area contributed by atoms with Crippen molar-refractivity contribution in [3.63, 3.8) is 0 Å². The molecule has 0 aliphatic rings. The van der Waals surface area contributed by atoms with Crippen LogP contribution in [0.5, 0.6) is 0 Å². The van der Waals surface area contributed by atoms with Crippen molar-refractivity contribution in [1.82, 2.24) is 14.8 Å². The van der Waals surface area contributed by atoms with Crippen molar-refractivity contribution in [2.75, 3.05) is 0 Å². The van der Waals surface area contributed by atoms with Gasteiger partial charge in [0.05, 0.1) is 17.4 Å². The zero-order chi connectivity index (χ0) is 14.9. The molecular formula is C15H10F3N3. The number of hydrogen-bond donors (Lipinski definition) is 0. The number of halogens is 3. The van der Waals surface area contributed by atoms with Gasteiger partial charge in [0.1, 0.15) is 0 Å². The molecule has 0 N–H and O–H groups in total. The van der Waals surface area contributed by atoms with Crippen molar-refractivity contribution < 1.29 is 13.2 Å². The molecule has 2 heterocycles. The highest BCUT2D eigenvalue weighted by Gasteiger charge is 2.30. The first-order valence-corrected chi connectivity index (χ1v) is 6.17. The molecule has 0 bridgehead atoms. The molecule has 3 rings (SSSR count). The van der Waals surface area contributed by atoms with Crippen LogP contribution in [0.15, 0.2) is 61.2 Å². The fraction of sp³-hybridized carbons (Fsp3) is 0.0667. The van der Waals surface area contributed by atoms with Crippen LogP contribution in [0.25, 0.3) is 16.8 Å². The summed E-state index contributed by atoms with van der Waals surface area (Å²) in [7, 11) is 0. The van der Waals surface area contributed by atoms with Crippen LogP contribution in [-0.2, 0) is 6.18 Å². The minimum atomic E-state index is -4.37. The Labute approximate surface area is 118 Å². The predicted octanol–water partition coefficient (Wildman–Crippen LogP) is 3.95. The maximum Gasteiger partial charge on any atom is 0.416 e. The van der Waals surface area contributed by atoms with E-state index in [1.807, 2.05) is 6.07 Å².